The molecule has 0 aromatic heterocycles. The number of ether oxygens (including phenoxy) is 1. The first-order chi connectivity index (χ1) is 5.08. The van der Waals surface area contributed by atoms with E-state index >= 15 is 0 Å². The predicted molar refractivity (Wildman–Crippen MR) is 55.5 cm³/mol. The zero-order chi connectivity index (χ0) is 8.91. The van der Waals surface area contributed by atoms with Crippen molar-refractivity contribution in [3.8, 4) is 0 Å². The van der Waals surface area contributed by atoms with Gasteiger partial charge in [-0.3, -0.25) is 0 Å². The van der Waals surface area contributed by atoms with Gasteiger partial charge in [0, 0.05) is 25.6 Å². The van der Waals surface area contributed by atoms with E-state index in [1.54, 1.807) is 0 Å². The van der Waals surface area contributed by atoms with Crippen LogP contribution in [0, 0.1) is 0 Å². The van der Waals surface area contributed by atoms with E-state index in [2.05, 4.69) is 0 Å². The summed E-state index contributed by atoms with van der Waals surface area (Å²) < 4.78 is 15.0. The smallest absolute Gasteiger partial charge is 0.255 e. The normalized spacial score (nSPS) is 11.2. The third-order valence-corrected chi connectivity index (χ3v) is 6.65. The van der Waals surface area contributed by atoms with Gasteiger partial charge in [-0.2, -0.15) is 0 Å². The molecule has 0 aliphatic heterocycles. The number of thiocarbonyl (C=S) groups is 1. The number of hydrogen-bond acceptors (Lipinski definition) is 6. The van der Waals surface area contributed by atoms with E-state index < -0.39 is 5.69 Å². The highest BCUT2D eigenvalue weighted by atomic mass is 32.9. The van der Waals surface area contributed by atoms with Gasteiger partial charge in [0.25, 0.3) is 5.69 Å². The van der Waals surface area contributed by atoms with Crippen molar-refractivity contribution >= 4 is 45.5 Å². The fourth-order valence-electron chi connectivity index (χ4n) is 0.278. The molecule has 0 bridgehead atoms. The van der Waals surface area contributed by atoms with E-state index in [9.17, 15) is 0 Å². The summed E-state index contributed by atoms with van der Waals surface area (Å²) in [5, 5.41) is 0. The fourth-order valence-corrected chi connectivity index (χ4v) is 3.97. The Hall–Kier alpha value is 0.810. The molecular formula is C4H9O3PS3. The molecule has 0 aromatic rings. The zero-order valence-corrected chi connectivity index (χ0v) is 9.74. The lowest BCUT2D eigenvalue weighted by Gasteiger charge is -2.15. The third-order valence-electron chi connectivity index (χ3n) is 0.800. The molecule has 0 fully saturated rings. The van der Waals surface area contributed by atoms with Gasteiger partial charge in [0.05, 0.1) is 7.11 Å². The first-order valence-electron chi connectivity index (χ1n) is 2.57. The van der Waals surface area contributed by atoms with Gasteiger partial charge in [-0.25, -0.2) is 0 Å². The molecule has 0 amide bonds. The summed E-state index contributed by atoms with van der Waals surface area (Å²) in [6.45, 7) is 0. The molecule has 0 aliphatic rings. The Bertz CT molecular complexity index is 175. The van der Waals surface area contributed by atoms with Crippen LogP contribution in [-0.4, -0.2) is 25.7 Å². The maximum atomic E-state index is 5.01. The largest absolute Gasteiger partial charge is 0.482 e. The molecule has 0 spiro atoms. The summed E-state index contributed by atoms with van der Waals surface area (Å²) >= 11 is 10.9. The molecular weight excluding hydrogens is 223 g/mol. The molecule has 0 aliphatic carbocycles. The Balaban J connectivity index is 4.09. The van der Waals surface area contributed by atoms with Crippen LogP contribution in [0.3, 0.4) is 0 Å². The maximum Gasteiger partial charge on any atom is 0.255 e. The van der Waals surface area contributed by atoms with E-state index in [4.69, 9.17) is 37.8 Å². The highest BCUT2D eigenvalue weighted by Crippen LogP contribution is 2.60. The molecule has 0 N–H and O–H groups in total. The minimum atomic E-state index is -2.27. The fraction of sp³-hybridized carbons (Fsp3) is 0.750. The Morgan fingerprint density at radius 3 is 2.00 bits per heavy atom. The van der Waals surface area contributed by atoms with Gasteiger partial charge in [0.1, 0.15) is 0 Å². The van der Waals surface area contributed by atoms with Gasteiger partial charge in [-0.1, -0.05) is 0 Å². The highest BCUT2D eigenvalue weighted by molar-refractivity contribution is 8.75. The van der Waals surface area contributed by atoms with Crippen molar-refractivity contribution < 1.29 is 13.8 Å². The molecule has 0 heterocycles. The van der Waals surface area contributed by atoms with Crippen molar-refractivity contribution in [1.82, 2.24) is 0 Å². The molecule has 0 unspecified atom stereocenters. The quantitative estimate of drug-likeness (QED) is 0.547. The number of methoxy groups -OCH3 is 1. The van der Waals surface area contributed by atoms with E-state index in [1.165, 1.54) is 21.3 Å². The Morgan fingerprint density at radius 2 is 1.73 bits per heavy atom. The standard InChI is InChI=1S/C4H9O3PS3/c1-5-4(9)11-8(10,6-2)7-3/h1-3H3. The van der Waals surface area contributed by atoms with Crippen LogP contribution in [0.5, 0.6) is 0 Å². The van der Waals surface area contributed by atoms with Crippen molar-refractivity contribution in [2.45, 2.75) is 0 Å². The summed E-state index contributed by atoms with van der Waals surface area (Å²) in [4.78, 5) is 0. The molecule has 0 saturated carbocycles. The van der Waals surface area contributed by atoms with Crippen molar-refractivity contribution in [3.05, 3.63) is 0 Å². The average molecular weight is 232 g/mol. The molecule has 0 atom stereocenters. The molecule has 0 radical (unpaired) electrons. The molecule has 7 heteroatoms. The Morgan fingerprint density at radius 1 is 1.27 bits per heavy atom. The van der Waals surface area contributed by atoms with Crippen LogP contribution >= 0.6 is 29.3 Å². The van der Waals surface area contributed by atoms with E-state index in [0.717, 1.165) is 11.4 Å². The first-order valence-corrected chi connectivity index (χ1v) is 7.04. The SMILES string of the molecule is COC(=S)SP(=S)(OC)OC. The lowest BCUT2D eigenvalue weighted by atomic mass is 11.5. The Kier molecular flexibility index (Phi) is 5.86. The summed E-state index contributed by atoms with van der Waals surface area (Å²) in [6.07, 6.45) is 0. The van der Waals surface area contributed by atoms with Crippen LogP contribution in [-0.2, 0) is 25.6 Å². The van der Waals surface area contributed by atoms with E-state index in [-0.39, 0.29) is 0 Å². The van der Waals surface area contributed by atoms with Crippen LogP contribution in [0.4, 0.5) is 0 Å². The van der Waals surface area contributed by atoms with Crippen LogP contribution in [0.15, 0.2) is 0 Å². The zero-order valence-electron chi connectivity index (χ0n) is 6.40. The minimum Gasteiger partial charge on any atom is -0.482 e. The third kappa shape index (κ3) is 4.40. The van der Waals surface area contributed by atoms with Crippen molar-refractivity contribution in [1.29, 1.82) is 0 Å². The maximum absolute atomic E-state index is 5.01. The van der Waals surface area contributed by atoms with E-state index in [0.29, 0.717) is 4.38 Å². The van der Waals surface area contributed by atoms with Gasteiger partial charge in [-0.15, -0.1) is 0 Å². The summed E-state index contributed by atoms with van der Waals surface area (Å²) in [6, 6.07) is 0. The second kappa shape index (κ2) is 5.45. The average Bonchev–Trinajstić information content (AvgIpc) is 2.04. The first kappa shape index (κ1) is 11.8. The molecule has 3 nitrogen and oxygen atoms in total. The van der Waals surface area contributed by atoms with Crippen LogP contribution < -0.4 is 0 Å². The lowest BCUT2D eigenvalue weighted by molar-refractivity contribution is 0.354. The van der Waals surface area contributed by atoms with Crippen LogP contribution in [0.1, 0.15) is 0 Å². The predicted octanol–water partition coefficient (Wildman–Crippen LogP) is 2.17. The van der Waals surface area contributed by atoms with Gasteiger partial charge in [-0.05, 0) is 24.0 Å². The molecule has 0 aromatic carbocycles. The number of hydrogen-bond donors (Lipinski definition) is 0. The highest BCUT2D eigenvalue weighted by Gasteiger charge is 2.19. The summed E-state index contributed by atoms with van der Waals surface area (Å²) in [5.74, 6) is 0. The summed E-state index contributed by atoms with van der Waals surface area (Å²) in [5.41, 5.74) is -2.27. The van der Waals surface area contributed by atoms with Gasteiger partial charge >= 0.3 is 0 Å². The summed E-state index contributed by atoms with van der Waals surface area (Å²) in [7, 11) is 4.48. The van der Waals surface area contributed by atoms with Crippen LogP contribution in [0.25, 0.3) is 0 Å². The van der Waals surface area contributed by atoms with Crippen molar-refractivity contribution in [2.24, 2.45) is 0 Å². The van der Waals surface area contributed by atoms with Gasteiger partial charge in [0.2, 0.25) is 4.38 Å². The van der Waals surface area contributed by atoms with Gasteiger partial charge in [0.15, 0.2) is 0 Å². The lowest BCUT2D eigenvalue weighted by Crippen LogP contribution is -1.92. The number of rotatable bonds is 3. The second-order valence-corrected chi connectivity index (χ2v) is 8.29. The second-order valence-electron chi connectivity index (χ2n) is 1.36. The Labute approximate surface area is 80.7 Å². The van der Waals surface area contributed by atoms with Crippen LogP contribution in [0.2, 0.25) is 0 Å². The minimum absolute atomic E-state index is 0.344. The molecule has 11 heavy (non-hydrogen) atoms. The molecule has 66 valence electrons. The van der Waals surface area contributed by atoms with Gasteiger partial charge < -0.3 is 13.8 Å². The van der Waals surface area contributed by atoms with Crippen molar-refractivity contribution in [3.63, 3.8) is 0 Å². The monoisotopic (exact) mass is 232 g/mol. The molecule has 0 rings (SSSR count). The topological polar surface area (TPSA) is 27.7 Å². The van der Waals surface area contributed by atoms with E-state index in [1.807, 2.05) is 0 Å². The molecule has 0 saturated heterocycles. The van der Waals surface area contributed by atoms with Crippen molar-refractivity contribution in [2.75, 3.05) is 21.3 Å².